The van der Waals surface area contributed by atoms with Gasteiger partial charge in [-0.05, 0) is 61.6 Å². The van der Waals surface area contributed by atoms with Crippen molar-refractivity contribution in [3.05, 3.63) is 76.5 Å². The number of rotatable bonds is 4. The van der Waals surface area contributed by atoms with Crippen LogP contribution in [0.2, 0.25) is 0 Å². The first-order chi connectivity index (χ1) is 12.4. The molecule has 26 heavy (non-hydrogen) atoms. The molecule has 2 aromatic heterocycles. The van der Waals surface area contributed by atoms with Crippen molar-refractivity contribution in [1.82, 2.24) is 14.6 Å². The molecule has 0 unspecified atom stereocenters. The van der Waals surface area contributed by atoms with Gasteiger partial charge in [-0.3, -0.25) is 0 Å². The van der Waals surface area contributed by atoms with E-state index < -0.39 is 5.82 Å². The smallest absolute Gasteiger partial charge is 0.165 e. The summed E-state index contributed by atoms with van der Waals surface area (Å²) < 4.78 is 15.5. The molecule has 0 bridgehead atoms. The summed E-state index contributed by atoms with van der Waals surface area (Å²) in [6.45, 7) is 7.93. The van der Waals surface area contributed by atoms with Crippen LogP contribution < -0.4 is 0 Å². The summed E-state index contributed by atoms with van der Waals surface area (Å²) in [6, 6.07) is 2.81. The minimum Gasteiger partial charge on any atom is -0.505 e. The lowest BCUT2D eigenvalue weighted by Crippen LogP contribution is -1.96. The molecule has 0 saturated heterocycles. The summed E-state index contributed by atoms with van der Waals surface area (Å²) in [7, 11) is 0. The normalized spacial score (nSPS) is 12.8. The fraction of sp³-hybridized carbons (Fsp3) is 0.238. The number of aromatic nitrogens is 3. The van der Waals surface area contributed by atoms with Gasteiger partial charge in [0.1, 0.15) is 0 Å². The maximum absolute atomic E-state index is 13.7. The highest BCUT2D eigenvalue weighted by atomic mass is 19.1. The first kappa shape index (κ1) is 17.9. The molecule has 1 N–H and O–H groups in total. The molecule has 3 rings (SSSR count). The van der Waals surface area contributed by atoms with Crippen molar-refractivity contribution in [2.24, 2.45) is 0 Å². The van der Waals surface area contributed by atoms with Crippen molar-refractivity contribution < 1.29 is 9.50 Å². The second kappa shape index (κ2) is 7.12. The van der Waals surface area contributed by atoms with E-state index in [0.717, 1.165) is 34.2 Å². The van der Waals surface area contributed by atoms with Crippen molar-refractivity contribution in [2.45, 2.75) is 34.1 Å². The fourth-order valence-electron chi connectivity index (χ4n) is 2.78. The predicted octanol–water partition coefficient (Wildman–Crippen LogP) is 4.98. The van der Waals surface area contributed by atoms with E-state index in [1.54, 1.807) is 16.9 Å². The Labute approximate surface area is 152 Å². The molecule has 2 heterocycles. The van der Waals surface area contributed by atoms with Crippen LogP contribution in [0.3, 0.4) is 0 Å². The Kier molecular flexibility index (Phi) is 4.89. The van der Waals surface area contributed by atoms with E-state index in [1.165, 1.54) is 17.7 Å². The molecule has 0 aliphatic heterocycles. The van der Waals surface area contributed by atoms with Gasteiger partial charge in [-0.25, -0.2) is 13.9 Å². The Morgan fingerprint density at radius 1 is 1.19 bits per heavy atom. The van der Waals surface area contributed by atoms with E-state index in [0.29, 0.717) is 5.65 Å². The van der Waals surface area contributed by atoms with Gasteiger partial charge in [0.2, 0.25) is 0 Å². The fourth-order valence-corrected chi connectivity index (χ4v) is 2.78. The predicted molar refractivity (Wildman–Crippen MR) is 102 cm³/mol. The van der Waals surface area contributed by atoms with Crippen LogP contribution in [-0.4, -0.2) is 19.7 Å². The third kappa shape index (κ3) is 3.38. The molecule has 0 saturated carbocycles. The summed E-state index contributed by atoms with van der Waals surface area (Å²) in [4.78, 5) is 4.51. The quantitative estimate of drug-likeness (QED) is 0.675. The first-order valence-electron chi connectivity index (χ1n) is 8.58. The molecule has 1 aromatic carbocycles. The van der Waals surface area contributed by atoms with Gasteiger partial charge in [-0.15, -0.1) is 0 Å². The minimum absolute atomic E-state index is 0.368. The molecule has 0 aliphatic rings. The number of allylic oxidation sites excluding steroid dienone is 3. The Balaban J connectivity index is 2.26. The monoisotopic (exact) mass is 351 g/mol. The summed E-state index contributed by atoms with van der Waals surface area (Å²) in [5, 5.41) is 14.3. The van der Waals surface area contributed by atoms with Crippen LogP contribution >= 0.6 is 0 Å². The molecular weight excluding hydrogens is 329 g/mol. The highest BCUT2D eigenvalue weighted by molar-refractivity contribution is 5.88. The summed E-state index contributed by atoms with van der Waals surface area (Å²) in [5.41, 5.74) is 6.10. The third-order valence-electron chi connectivity index (χ3n) is 4.45. The van der Waals surface area contributed by atoms with Crippen LogP contribution in [-0.2, 0) is 0 Å². The van der Waals surface area contributed by atoms with Crippen molar-refractivity contribution in [1.29, 1.82) is 0 Å². The van der Waals surface area contributed by atoms with E-state index in [2.05, 4.69) is 23.9 Å². The first-order valence-corrected chi connectivity index (χ1v) is 8.58. The van der Waals surface area contributed by atoms with Crippen LogP contribution in [0.15, 0.2) is 48.4 Å². The molecule has 134 valence electrons. The van der Waals surface area contributed by atoms with E-state index in [9.17, 15) is 9.50 Å². The zero-order valence-corrected chi connectivity index (χ0v) is 15.4. The number of phenolic OH excluding ortho intramolecular Hbond substituents is 1. The molecule has 0 spiro atoms. The van der Waals surface area contributed by atoms with E-state index in [4.69, 9.17) is 0 Å². The van der Waals surface area contributed by atoms with Gasteiger partial charge >= 0.3 is 0 Å². The van der Waals surface area contributed by atoms with Crippen molar-refractivity contribution in [3.8, 4) is 5.75 Å². The maximum Gasteiger partial charge on any atom is 0.165 e. The number of benzene rings is 1. The Bertz CT molecular complexity index is 1030. The zero-order chi connectivity index (χ0) is 18.8. The van der Waals surface area contributed by atoms with Crippen LogP contribution in [0.4, 0.5) is 4.39 Å². The van der Waals surface area contributed by atoms with Gasteiger partial charge < -0.3 is 5.11 Å². The second-order valence-electron chi connectivity index (χ2n) is 6.52. The number of hydrogen-bond donors (Lipinski definition) is 1. The summed E-state index contributed by atoms with van der Waals surface area (Å²) in [5.74, 6) is -0.993. The van der Waals surface area contributed by atoms with Crippen LogP contribution in [0.25, 0.3) is 11.2 Å². The van der Waals surface area contributed by atoms with Crippen LogP contribution in [0.1, 0.15) is 42.5 Å². The average molecular weight is 351 g/mol. The lowest BCUT2D eigenvalue weighted by molar-refractivity contribution is 0.432. The highest BCUT2D eigenvalue weighted by Crippen LogP contribution is 2.32. The number of halogens is 1. The van der Waals surface area contributed by atoms with E-state index >= 15 is 0 Å². The lowest BCUT2D eigenvalue weighted by Gasteiger charge is -2.11. The van der Waals surface area contributed by atoms with Gasteiger partial charge in [0.15, 0.2) is 17.2 Å². The molecule has 3 aromatic rings. The Morgan fingerprint density at radius 3 is 2.69 bits per heavy atom. The van der Waals surface area contributed by atoms with Crippen LogP contribution in [0, 0.1) is 19.7 Å². The lowest BCUT2D eigenvalue weighted by atomic mass is 9.94. The number of nitrogens with zero attached hydrogens (tertiary/aromatic N) is 3. The molecule has 0 atom stereocenters. The van der Waals surface area contributed by atoms with Crippen molar-refractivity contribution in [2.75, 3.05) is 0 Å². The SMILES string of the molecule is CC/C(C)=C\C=C(/c1cc(O)c(F)cc1C)c1cnn2cc(C)cnc12. The molecule has 5 heteroatoms. The average Bonchev–Trinajstić information content (AvgIpc) is 3.02. The molecule has 0 aliphatic carbocycles. The number of aryl methyl sites for hydroxylation is 2. The Hall–Kier alpha value is -2.95. The van der Waals surface area contributed by atoms with Gasteiger partial charge in [-0.2, -0.15) is 5.10 Å². The van der Waals surface area contributed by atoms with Gasteiger partial charge in [0.05, 0.1) is 6.20 Å². The van der Waals surface area contributed by atoms with Gasteiger partial charge in [0, 0.05) is 18.0 Å². The van der Waals surface area contributed by atoms with E-state index in [-0.39, 0.29) is 5.75 Å². The minimum atomic E-state index is -0.625. The second-order valence-corrected chi connectivity index (χ2v) is 6.52. The molecule has 0 fully saturated rings. The van der Waals surface area contributed by atoms with Crippen molar-refractivity contribution in [3.63, 3.8) is 0 Å². The number of hydrogen-bond acceptors (Lipinski definition) is 3. The van der Waals surface area contributed by atoms with Gasteiger partial charge in [0.25, 0.3) is 0 Å². The zero-order valence-electron chi connectivity index (χ0n) is 15.4. The standard InChI is InChI=1S/C21H22FN3O/c1-5-13(2)6-7-16(17-9-20(26)19(22)8-15(17)4)18-11-24-25-12-14(3)10-23-21(18)25/h6-12,26H,5H2,1-4H3/b13-6-,16-7+. The third-order valence-corrected chi connectivity index (χ3v) is 4.45. The molecule has 4 nitrogen and oxygen atoms in total. The summed E-state index contributed by atoms with van der Waals surface area (Å²) >= 11 is 0. The highest BCUT2D eigenvalue weighted by Gasteiger charge is 2.16. The molecular formula is C21H22FN3O. The largest absolute Gasteiger partial charge is 0.505 e. The number of fused-ring (bicyclic) bond motifs is 1. The molecule has 0 amide bonds. The van der Waals surface area contributed by atoms with Crippen LogP contribution in [0.5, 0.6) is 5.75 Å². The number of phenols is 1. The summed E-state index contributed by atoms with van der Waals surface area (Å²) in [6.07, 6.45) is 10.4. The van der Waals surface area contributed by atoms with Crippen molar-refractivity contribution >= 4 is 11.2 Å². The number of aromatic hydroxyl groups is 1. The molecule has 0 radical (unpaired) electrons. The van der Waals surface area contributed by atoms with Gasteiger partial charge in [-0.1, -0.05) is 24.6 Å². The maximum atomic E-state index is 13.7. The Morgan fingerprint density at radius 2 is 1.96 bits per heavy atom. The van der Waals surface area contributed by atoms with E-state index in [1.807, 2.05) is 32.2 Å². The topological polar surface area (TPSA) is 50.4 Å².